The number of allylic oxidation sites excluding steroid dienone is 2. The normalized spacial score (nSPS) is 14.2. The van der Waals surface area contributed by atoms with Crippen LogP contribution in [0.25, 0.3) is 0 Å². The minimum absolute atomic E-state index is 0.803. The van der Waals surface area contributed by atoms with Gasteiger partial charge in [-0.15, -0.1) is 0 Å². The van der Waals surface area contributed by atoms with Gasteiger partial charge in [0.2, 0.25) is 0 Å². The Morgan fingerprint density at radius 3 is 2.60 bits per heavy atom. The molecule has 0 amide bonds. The lowest BCUT2D eigenvalue weighted by atomic mass is 9.91. The summed E-state index contributed by atoms with van der Waals surface area (Å²) in [5.41, 5.74) is 3.74. The van der Waals surface area contributed by atoms with E-state index < -0.39 is 0 Å². The zero-order valence-corrected chi connectivity index (χ0v) is 9.33. The standard InChI is InChI=1S/C13H15O2/c1-9-4-6-11-10(8-9)5-7-12(14-2)13(11)15-3/h4-5,7-8H,6H2,1-3H3. The molecule has 0 N–H and O–H groups in total. The fourth-order valence-electron chi connectivity index (χ4n) is 1.92. The van der Waals surface area contributed by atoms with Gasteiger partial charge in [0, 0.05) is 12.0 Å². The van der Waals surface area contributed by atoms with Crippen LogP contribution in [0.15, 0.2) is 23.8 Å². The highest BCUT2D eigenvalue weighted by Gasteiger charge is 2.17. The Balaban J connectivity index is 2.50. The molecule has 1 aliphatic carbocycles. The first kappa shape index (κ1) is 10.1. The average Bonchev–Trinajstić information content (AvgIpc) is 2.27. The summed E-state index contributed by atoms with van der Waals surface area (Å²) in [4.78, 5) is 0. The Bertz CT molecular complexity index is 405. The number of benzene rings is 1. The maximum Gasteiger partial charge on any atom is 0.164 e. The first-order chi connectivity index (χ1) is 7.26. The monoisotopic (exact) mass is 203 g/mol. The molecule has 1 radical (unpaired) electrons. The van der Waals surface area contributed by atoms with Gasteiger partial charge in [-0.05, 0) is 25.0 Å². The highest BCUT2D eigenvalue weighted by molar-refractivity contribution is 5.57. The SMILES string of the molecule is COc1ccc2c(c1OC)CC=C(C)[CH]2. The quantitative estimate of drug-likeness (QED) is 0.735. The van der Waals surface area contributed by atoms with Gasteiger partial charge in [0.1, 0.15) is 0 Å². The van der Waals surface area contributed by atoms with Crippen molar-refractivity contribution in [2.75, 3.05) is 14.2 Å². The topological polar surface area (TPSA) is 18.5 Å². The Labute approximate surface area is 90.5 Å². The van der Waals surface area contributed by atoms with Gasteiger partial charge in [-0.2, -0.15) is 0 Å². The largest absolute Gasteiger partial charge is 0.493 e. The molecule has 15 heavy (non-hydrogen) atoms. The van der Waals surface area contributed by atoms with E-state index in [4.69, 9.17) is 9.47 Å². The van der Waals surface area contributed by atoms with Gasteiger partial charge in [0.05, 0.1) is 14.2 Å². The molecular formula is C13H15O2. The minimum Gasteiger partial charge on any atom is -0.493 e. The van der Waals surface area contributed by atoms with E-state index in [9.17, 15) is 0 Å². The van der Waals surface area contributed by atoms with Crippen molar-refractivity contribution in [1.29, 1.82) is 0 Å². The van der Waals surface area contributed by atoms with Crippen LogP contribution < -0.4 is 9.47 Å². The zero-order chi connectivity index (χ0) is 10.8. The van der Waals surface area contributed by atoms with Crippen LogP contribution in [0.3, 0.4) is 0 Å². The van der Waals surface area contributed by atoms with Crippen molar-refractivity contribution >= 4 is 0 Å². The molecule has 0 heterocycles. The van der Waals surface area contributed by atoms with E-state index >= 15 is 0 Å². The molecule has 0 aromatic heterocycles. The molecule has 0 saturated heterocycles. The summed E-state index contributed by atoms with van der Waals surface area (Å²) in [6, 6.07) is 4.03. The Hall–Kier alpha value is -1.44. The molecule has 0 fully saturated rings. The van der Waals surface area contributed by atoms with Crippen molar-refractivity contribution in [3.8, 4) is 11.5 Å². The zero-order valence-electron chi connectivity index (χ0n) is 9.33. The van der Waals surface area contributed by atoms with Crippen molar-refractivity contribution < 1.29 is 9.47 Å². The van der Waals surface area contributed by atoms with Crippen LogP contribution in [0.5, 0.6) is 11.5 Å². The third-order valence-electron chi connectivity index (χ3n) is 2.70. The molecule has 2 rings (SSSR count). The van der Waals surface area contributed by atoms with Gasteiger partial charge >= 0.3 is 0 Å². The lowest BCUT2D eigenvalue weighted by molar-refractivity contribution is 0.352. The van der Waals surface area contributed by atoms with Gasteiger partial charge in [0.15, 0.2) is 11.5 Å². The number of hydrogen-bond acceptors (Lipinski definition) is 2. The van der Waals surface area contributed by atoms with E-state index in [-0.39, 0.29) is 0 Å². The smallest absolute Gasteiger partial charge is 0.164 e. The average molecular weight is 203 g/mol. The summed E-state index contributed by atoms with van der Waals surface area (Å²) >= 11 is 0. The van der Waals surface area contributed by atoms with Crippen LogP contribution in [0.2, 0.25) is 0 Å². The van der Waals surface area contributed by atoms with E-state index in [1.807, 2.05) is 6.07 Å². The Morgan fingerprint density at radius 2 is 1.93 bits per heavy atom. The maximum absolute atomic E-state index is 5.40. The first-order valence-electron chi connectivity index (χ1n) is 5.01. The third kappa shape index (κ3) is 1.72. The third-order valence-corrected chi connectivity index (χ3v) is 2.70. The highest BCUT2D eigenvalue weighted by atomic mass is 16.5. The van der Waals surface area contributed by atoms with Crippen LogP contribution in [-0.4, -0.2) is 14.2 Å². The van der Waals surface area contributed by atoms with Gasteiger partial charge in [-0.1, -0.05) is 17.7 Å². The Morgan fingerprint density at radius 1 is 1.13 bits per heavy atom. The number of rotatable bonds is 2. The van der Waals surface area contributed by atoms with E-state index in [0.717, 1.165) is 17.9 Å². The molecule has 2 nitrogen and oxygen atoms in total. The molecule has 1 aliphatic rings. The molecule has 0 bridgehead atoms. The molecule has 2 heteroatoms. The van der Waals surface area contributed by atoms with E-state index in [1.54, 1.807) is 14.2 Å². The highest BCUT2D eigenvalue weighted by Crippen LogP contribution is 2.37. The van der Waals surface area contributed by atoms with Gasteiger partial charge in [-0.3, -0.25) is 0 Å². The number of ether oxygens (including phenoxy) is 2. The van der Waals surface area contributed by atoms with E-state index in [1.165, 1.54) is 16.7 Å². The second kappa shape index (κ2) is 3.97. The second-order valence-electron chi connectivity index (χ2n) is 3.67. The summed E-state index contributed by atoms with van der Waals surface area (Å²) in [5.74, 6) is 1.66. The molecule has 0 aliphatic heterocycles. The second-order valence-corrected chi connectivity index (χ2v) is 3.67. The first-order valence-corrected chi connectivity index (χ1v) is 5.01. The lowest BCUT2D eigenvalue weighted by Gasteiger charge is -2.19. The summed E-state index contributed by atoms with van der Waals surface area (Å²) in [5, 5.41) is 0. The summed E-state index contributed by atoms with van der Waals surface area (Å²) in [6.45, 7) is 2.11. The maximum atomic E-state index is 5.40. The lowest BCUT2D eigenvalue weighted by Crippen LogP contribution is -2.03. The van der Waals surface area contributed by atoms with Crippen molar-refractivity contribution in [3.63, 3.8) is 0 Å². The molecule has 79 valence electrons. The van der Waals surface area contributed by atoms with Crippen molar-refractivity contribution in [3.05, 3.63) is 41.3 Å². The van der Waals surface area contributed by atoms with E-state index in [2.05, 4.69) is 25.5 Å². The summed E-state index contributed by atoms with van der Waals surface area (Å²) in [7, 11) is 3.35. The van der Waals surface area contributed by atoms with E-state index in [0.29, 0.717) is 0 Å². The minimum atomic E-state index is 0.803. The van der Waals surface area contributed by atoms with Crippen LogP contribution in [0, 0.1) is 6.42 Å². The number of hydrogen-bond donors (Lipinski definition) is 0. The molecule has 0 unspecified atom stereocenters. The summed E-state index contributed by atoms with van der Waals surface area (Å²) in [6.07, 6.45) is 5.28. The Kier molecular flexibility index (Phi) is 2.67. The number of methoxy groups -OCH3 is 2. The van der Waals surface area contributed by atoms with Crippen molar-refractivity contribution in [2.45, 2.75) is 13.3 Å². The van der Waals surface area contributed by atoms with Crippen molar-refractivity contribution in [2.24, 2.45) is 0 Å². The summed E-state index contributed by atoms with van der Waals surface area (Å²) < 4.78 is 10.7. The van der Waals surface area contributed by atoms with Gasteiger partial charge < -0.3 is 9.47 Å². The molecular weight excluding hydrogens is 188 g/mol. The molecule has 0 atom stereocenters. The van der Waals surface area contributed by atoms with Crippen LogP contribution in [0.4, 0.5) is 0 Å². The number of fused-ring (bicyclic) bond motifs is 1. The van der Waals surface area contributed by atoms with Gasteiger partial charge in [0.25, 0.3) is 0 Å². The molecule has 1 aromatic carbocycles. The van der Waals surface area contributed by atoms with Crippen LogP contribution in [-0.2, 0) is 6.42 Å². The van der Waals surface area contributed by atoms with Crippen molar-refractivity contribution in [1.82, 2.24) is 0 Å². The predicted octanol–water partition coefficient (Wildman–Crippen LogP) is 2.76. The predicted molar refractivity (Wildman–Crippen MR) is 60.4 cm³/mol. The fraction of sp³-hybridized carbons (Fsp3) is 0.308. The molecule has 1 aromatic rings. The van der Waals surface area contributed by atoms with Crippen LogP contribution >= 0.6 is 0 Å². The molecule has 0 spiro atoms. The van der Waals surface area contributed by atoms with Crippen LogP contribution in [0.1, 0.15) is 18.1 Å². The molecule has 0 saturated carbocycles. The van der Waals surface area contributed by atoms with Gasteiger partial charge in [-0.25, -0.2) is 0 Å². The fourth-order valence-corrected chi connectivity index (χ4v) is 1.92.